The number of benzene rings is 1. The second kappa shape index (κ2) is 6.31. The second-order valence-electron chi connectivity index (χ2n) is 4.43. The van der Waals surface area contributed by atoms with E-state index in [9.17, 15) is 4.79 Å². The number of nitrogens with zero attached hydrogens (tertiary/aromatic N) is 1. The minimum atomic E-state index is -0.0765. The molecule has 1 fully saturated rings. The molecule has 1 saturated heterocycles. The monoisotopic (exact) mass is 311 g/mol. The second-order valence-corrected chi connectivity index (χ2v) is 5.35. The molecule has 0 saturated carbocycles. The van der Waals surface area contributed by atoms with Gasteiger partial charge in [0, 0.05) is 37.7 Å². The maximum absolute atomic E-state index is 11.8. The molecule has 18 heavy (non-hydrogen) atoms. The van der Waals surface area contributed by atoms with E-state index in [0.29, 0.717) is 0 Å². The predicted octanol–water partition coefficient (Wildman–Crippen LogP) is 0.969. The molecule has 1 atom stereocenters. The van der Waals surface area contributed by atoms with Crippen molar-refractivity contribution in [1.29, 1.82) is 0 Å². The Balaban J connectivity index is 2.05. The minimum absolute atomic E-state index is 0.0765. The van der Waals surface area contributed by atoms with Gasteiger partial charge in [-0.15, -0.1) is 0 Å². The SMILES string of the molecule is CNC(=O)C1CNCCN1Cc1ccc(Br)cc1. The smallest absolute Gasteiger partial charge is 0.238 e. The third-order valence-corrected chi connectivity index (χ3v) is 3.73. The van der Waals surface area contributed by atoms with Gasteiger partial charge in [0.1, 0.15) is 6.04 Å². The molecular formula is C13H18BrN3O. The van der Waals surface area contributed by atoms with Crippen LogP contribution in [0.1, 0.15) is 5.56 Å². The first kappa shape index (κ1) is 13.5. The Labute approximate surface area is 116 Å². The van der Waals surface area contributed by atoms with Crippen molar-refractivity contribution in [1.82, 2.24) is 15.5 Å². The van der Waals surface area contributed by atoms with E-state index in [-0.39, 0.29) is 11.9 Å². The zero-order valence-electron chi connectivity index (χ0n) is 10.4. The fourth-order valence-corrected chi connectivity index (χ4v) is 2.45. The van der Waals surface area contributed by atoms with Gasteiger partial charge in [-0.2, -0.15) is 0 Å². The zero-order chi connectivity index (χ0) is 13.0. The van der Waals surface area contributed by atoms with Gasteiger partial charge in [-0.25, -0.2) is 0 Å². The van der Waals surface area contributed by atoms with Gasteiger partial charge in [0.05, 0.1) is 0 Å². The summed E-state index contributed by atoms with van der Waals surface area (Å²) < 4.78 is 1.08. The first-order valence-electron chi connectivity index (χ1n) is 6.11. The number of carbonyl (C=O) groups excluding carboxylic acids is 1. The Morgan fingerprint density at radius 2 is 2.22 bits per heavy atom. The highest BCUT2D eigenvalue weighted by Crippen LogP contribution is 2.14. The summed E-state index contributed by atoms with van der Waals surface area (Å²) in [6, 6.07) is 8.17. The number of amides is 1. The molecule has 1 aromatic rings. The molecule has 2 N–H and O–H groups in total. The molecular weight excluding hydrogens is 294 g/mol. The molecule has 4 nitrogen and oxygen atoms in total. The summed E-state index contributed by atoms with van der Waals surface area (Å²) in [4.78, 5) is 14.0. The number of rotatable bonds is 3. The highest BCUT2D eigenvalue weighted by Gasteiger charge is 2.27. The summed E-state index contributed by atoms with van der Waals surface area (Å²) >= 11 is 3.43. The van der Waals surface area contributed by atoms with Crippen molar-refractivity contribution in [3.8, 4) is 0 Å². The Hall–Kier alpha value is -0.910. The maximum Gasteiger partial charge on any atom is 0.238 e. The summed E-state index contributed by atoms with van der Waals surface area (Å²) in [7, 11) is 1.69. The van der Waals surface area contributed by atoms with Crippen LogP contribution in [0.2, 0.25) is 0 Å². The van der Waals surface area contributed by atoms with E-state index in [0.717, 1.165) is 30.7 Å². The lowest BCUT2D eigenvalue weighted by molar-refractivity contribution is -0.126. The molecule has 1 aliphatic rings. The van der Waals surface area contributed by atoms with Gasteiger partial charge >= 0.3 is 0 Å². The minimum Gasteiger partial charge on any atom is -0.358 e. The molecule has 0 radical (unpaired) electrons. The van der Waals surface area contributed by atoms with Gasteiger partial charge < -0.3 is 10.6 Å². The Kier molecular flexibility index (Phi) is 4.74. The van der Waals surface area contributed by atoms with Gasteiger partial charge in [0.15, 0.2) is 0 Å². The molecule has 1 heterocycles. The van der Waals surface area contributed by atoms with Crippen molar-refractivity contribution < 1.29 is 4.79 Å². The number of carbonyl (C=O) groups is 1. The summed E-state index contributed by atoms with van der Waals surface area (Å²) in [5.74, 6) is 0.0827. The van der Waals surface area contributed by atoms with Crippen LogP contribution in [0, 0.1) is 0 Å². The van der Waals surface area contributed by atoms with Crippen molar-refractivity contribution in [2.75, 3.05) is 26.7 Å². The van der Waals surface area contributed by atoms with Crippen LogP contribution in [0.5, 0.6) is 0 Å². The Morgan fingerprint density at radius 3 is 2.89 bits per heavy atom. The Bertz CT molecular complexity index is 407. The highest BCUT2D eigenvalue weighted by atomic mass is 79.9. The molecule has 0 spiro atoms. The first-order chi connectivity index (χ1) is 8.70. The van der Waals surface area contributed by atoms with E-state index in [4.69, 9.17) is 0 Å². The van der Waals surface area contributed by atoms with E-state index >= 15 is 0 Å². The highest BCUT2D eigenvalue weighted by molar-refractivity contribution is 9.10. The molecule has 2 rings (SSSR count). The van der Waals surface area contributed by atoms with Crippen LogP contribution in [0.4, 0.5) is 0 Å². The number of hydrogen-bond acceptors (Lipinski definition) is 3. The van der Waals surface area contributed by atoms with Crippen LogP contribution in [-0.2, 0) is 11.3 Å². The van der Waals surface area contributed by atoms with Crippen molar-refractivity contribution in [2.45, 2.75) is 12.6 Å². The van der Waals surface area contributed by atoms with Crippen molar-refractivity contribution in [3.63, 3.8) is 0 Å². The van der Waals surface area contributed by atoms with Crippen LogP contribution in [0.25, 0.3) is 0 Å². The molecule has 5 heteroatoms. The fraction of sp³-hybridized carbons (Fsp3) is 0.462. The van der Waals surface area contributed by atoms with Crippen molar-refractivity contribution >= 4 is 21.8 Å². The quantitative estimate of drug-likeness (QED) is 0.874. The maximum atomic E-state index is 11.8. The van der Waals surface area contributed by atoms with Crippen LogP contribution >= 0.6 is 15.9 Å². The van der Waals surface area contributed by atoms with Gasteiger partial charge in [-0.3, -0.25) is 9.69 Å². The number of halogens is 1. The number of likely N-dealkylation sites (N-methyl/N-ethyl adjacent to an activating group) is 1. The van der Waals surface area contributed by atoms with E-state index in [2.05, 4.69) is 43.6 Å². The predicted molar refractivity (Wildman–Crippen MR) is 75.3 cm³/mol. The first-order valence-corrected chi connectivity index (χ1v) is 6.91. The summed E-state index contributed by atoms with van der Waals surface area (Å²) in [5.41, 5.74) is 1.23. The van der Waals surface area contributed by atoms with E-state index < -0.39 is 0 Å². The van der Waals surface area contributed by atoms with Gasteiger partial charge in [-0.1, -0.05) is 28.1 Å². The molecule has 98 valence electrons. The summed E-state index contributed by atoms with van der Waals surface area (Å²) in [6.07, 6.45) is 0. The molecule has 1 aromatic carbocycles. The lowest BCUT2D eigenvalue weighted by Crippen LogP contribution is -2.56. The zero-order valence-corrected chi connectivity index (χ0v) is 12.0. The lowest BCUT2D eigenvalue weighted by atomic mass is 10.1. The van der Waals surface area contributed by atoms with Crippen molar-refractivity contribution in [3.05, 3.63) is 34.3 Å². The summed E-state index contributed by atoms with van der Waals surface area (Å²) in [5, 5.41) is 6.00. The van der Waals surface area contributed by atoms with E-state index in [1.807, 2.05) is 12.1 Å². The number of hydrogen-bond donors (Lipinski definition) is 2. The topological polar surface area (TPSA) is 44.4 Å². The molecule has 0 bridgehead atoms. The normalized spacial score (nSPS) is 20.7. The Morgan fingerprint density at radius 1 is 1.50 bits per heavy atom. The van der Waals surface area contributed by atoms with Crippen LogP contribution < -0.4 is 10.6 Å². The lowest BCUT2D eigenvalue weighted by Gasteiger charge is -2.34. The van der Waals surface area contributed by atoms with Gasteiger partial charge in [0.2, 0.25) is 5.91 Å². The average molecular weight is 312 g/mol. The molecule has 0 aliphatic carbocycles. The van der Waals surface area contributed by atoms with Crippen LogP contribution in [-0.4, -0.2) is 43.5 Å². The third-order valence-electron chi connectivity index (χ3n) is 3.20. The molecule has 1 unspecified atom stereocenters. The third kappa shape index (κ3) is 3.31. The largest absolute Gasteiger partial charge is 0.358 e. The van der Waals surface area contributed by atoms with E-state index in [1.165, 1.54) is 5.56 Å². The van der Waals surface area contributed by atoms with Crippen LogP contribution in [0.15, 0.2) is 28.7 Å². The average Bonchev–Trinajstić information content (AvgIpc) is 2.41. The summed E-state index contributed by atoms with van der Waals surface area (Å²) in [6.45, 7) is 3.36. The number of piperazine rings is 1. The fourth-order valence-electron chi connectivity index (χ4n) is 2.19. The van der Waals surface area contributed by atoms with Gasteiger partial charge in [0.25, 0.3) is 0 Å². The number of nitrogens with one attached hydrogen (secondary N) is 2. The van der Waals surface area contributed by atoms with E-state index in [1.54, 1.807) is 7.05 Å². The standard InChI is InChI=1S/C13H18BrN3O/c1-15-13(18)12-8-16-6-7-17(12)9-10-2-4-11(14)5-3-10/h2-5,12,16H,6-9H2,1H3,(H,15,18). The molecule has 1 amide bonds. The van der Waals surface area contributed by atoms with Gasteiger partial charge in [-0.05, 0) is 17.7 Å². The molecule has 1 aliphatic heterocycles. The van der Waals surface area contributed by atoms with Crippen LogP contribution in [0.3, 0.4) is 0 Å². The van der Waals surface area contributed by atoms with Crippen molar-refractivity contribution in [2.24, 2.45) is 0 Å². The molecule has 0 aromatic heterocycles.